The van der Waals surface area contributed by atoms with Crippen LogP contribution in [0.15, 0.2) is 24.3 Å². The summed E-state index contributed by atoms with van der Waals surface area (Å²) in [5.41, 5.74) is 2.89. The number of nitrogens with one attached hydrogen (secondary N) is 1. The summed E-state index contributed by atoms with van der Waals surface area (Å²) in [6.45, 7) is 4.45. The van der Waals surface area contributed by atoms with Gasteiger partial charge in [0, 0.05) is 18.6 Å². The molecule has 19 heavy (non-hydrogen) atoms. The Bertz CT molecular complexity index is 383. The summed E-state index contributed by atoms with van der Waals surface area (Å²) < 4.78 is 0. The maximum atomic E-state index is 9.65. The summed E-state index contributed by atoms with van der Waals surface area (Å²) in [7, 11) is 0. The van der Waals surface area contributed by atoms with Gasteiger partial charge in [-0.15, -0.1) is 0 Å². The fourth-order valence-corrected chi connectivity index (χ4v) is 3.15. The Morgan fingerprint density at radius 3 is 2.68 bits per heavy atom. The average Bonchev–Trinajstić information content (AvgIpc) is 2.45. The molecule has 1 aromatic carbocycles. The van der Waals surface area contributed by atoms with Gasteiger partial charge in [-0.05, 0) is 38.3 Å². The molecule has 1 aliphatic carbocycles. The molecule has 106 valence electrons. The van der Waals surface area contributed by atoms with Crippen molar-refractivity contribution < 1.29 is 5.11 Å². The first kappa shape index (κ1) is 14.5. The van der Waals surface area contributed by atoms with Gasteiger partial charge >= 0.3 is 0 Å². The molecule has 1 saturated carbocycles. The quantitative estimate of drug-likeness (QED) is 0.771. The molecule has 0 amide bonds. The van der Waals surface area contributed by atoms with Gasteiger partial charge < -0.3 is 10.4 Å². The SMILES string of the molecule is Cc1cccc(CCNCC2(CO)CCCCC2)c1. The lowest BCUT2D eigenvalue weighted by Gasteiger charge is -2.35. The summed E-state index contributed by atoms with van der Waals surface area (Å²) in [6, 6.07) is 8.71. The second kappa shape index (κ2) is 7.06. The lowest BCUT2D eigenvalue weighted by Crippen LogP contribution is -2.39. The van der Waals surface area contributed by atoms with Gasteiger partial charge in [0.15, 0.2) is 0 Å². The van der Waals surface area contributed by atoms with E-state index >= 15 is 0 Å². The number of aryl methyl sites for hydroxylation is 1. The first-order valence-corrected chi connectivity index (χ1v) is 7.61. The highest BCUT2D eigenvalue weighted by molar-refractivity contribution is 5.22. The van der Waals surface area contributed by atoms with Gasteiger partial charge in [0.25, 0.3) is 0 Å². The molecule has 2 nitrogen and oxygen atoms in total. The molecule has 1 fully saturated rings. The second-order valence-corrected chi connectivity index (χ2v) is 6.13. The van der Waals surface area contributed by atoms with Crippen LogP contribution < -0.4 is 5.32 Å². The highest BCUT2D eigenvalue weighted by atomic mass is 16.3. The van der Waals surface area contributed by atoms with Crippen molar-refractivity contribution in [3.8, 4) is 0 Å². The lowest BCUT2D eigenvalue weighted by molar-refractivity contribution is 0.0816. The standard InChI is InChI=1S/C17H27NO/c1-15-6-5-7-16(12-15)8-11-18-13-17(14-19)9-3-2-4-10-17/h5-7,12,18-19H,2-4,8-11,13-14H2,1H3. The number of aliphatic hydroxyl groups excluding tert-OH is 1. The molecule has 0 aliphatic heterocycles. The van der Waals surface area contributed by atoms with E-state index in [1.807, 2.05) is 0 Å². The minimum Gasteiger partial charge on any atom is -0.396 e. The first-order valence-electron chi connectivity index (χ1n) is 7.61. The van der Waals surface area contributed by atoms with Gasteiger partial charge in [-0.25, -0.2) is 0 Å². The predicted molar refractivity (Wildman–Crippen MR) is 80.4 cm³/mol. The monoisotopic (exact) mass is 261 g/mol. The Balaban J connectivity index is 1.73. The Labute approximate surface area is 117 Å². The van der Waals surface area contributed by atoms with Crippen LogP contribution in [0.5, 0.6) is 0 Å². The first-order chi connectivity index (χ1) is 9.24. The minimum atomic E-state index is 0.158. The maximum absolute atomic E-state index is 9.65. The largest absolute Gasteiger partial charge is 0.396 e. The third-order valence-corrected chi connectivity index (χ3v) is 4.42. The Kier molecular flexibility index (Phi) is 5.41. The van der Waals surface area contributed by atoms with Gasteiger partial charge in [0.2, 0.25) is 0 Å². The Morgan fingerprint density at radius 2 is 2.00 bits per heavy atom. The van der Waals surface area contributed by atoms with E-state index in [0.717, 1.165) is 19.5 Å². The fraction of sp³-hybridized carbons (Fsp3) is 0.647. The van der Waals surface area contributed by atoms with Crippen molar-refractivity contribution in [2.75, 3.05) is 19.7 Å². The zero-order chi connectivity index (χ0) is 13.6. The molecule has 2 rings (SSSR count). The van der Waals surface area contributed by atoms with Gasteiger partial charge in [-0.2, -0.15) is 0 Å². The van der Waals surface area contributed by atoms with E-state index in [1.165, 1.54) is 43.2 Å². The molecular weight excluding hydrogens is 234 g/mol. The number of hydrogen-bond acceptors (Lipinski definition) is 2. The minimum absolute atomic E-state index is 0.158. The molecule has 0 spiro atoms. The van der Waals surface area contributed by atoms with Crippen LogP contribution in [0.25, 0.3) is 0 Å². The van der Waals surface area contributed by atoms with Crippen LogP contribution in [0.2, 0.25) is 0 Å². The van der Waals surface area contributed by atoms with Gasteiger partial charge in [0.1, 0.15) is 0 Å². The summed E-state index contributed by atoms with van der Waals surface area (Å²) in [5.74, 6) is 0. The summed E-state index contributed by atoms with van der Waals surface area (Å²) in [4.78, 5) is 0. The predicted octanol–water partition coefficient (Wildman–Crippen LogP) is 3.07. The average molecular weight is 261 g/mol. The van der Waals surface area contributed by atoms with Gasteiger partial charge in [0.05, 0.1) is 0 Å². The second-order valence-electron chi connectivity index (χ2n) is 6.13. The van der Waals surface area contributed by atoms with Crippen LogP contribution in [0, 0.1) is 12.3 Å². The van der Waals surface area contributed by atoms with Gasteiger partial charge in [-0.3, -0.25) is 0 Å². The van der Waals surface area contributed by atoms with E-state index in [-0.39, 0.29) is 5.41 Å². The lowest BCUT2D eigenvalue weighted by atomic mass is 9.74. The molecule has 1 aromatic rings. The van der Waals surface area contributed by atoms with Crippen molar-refractivity contribution in [3.63, 3.8) is 0 Å². The summed E-state index contributed by atoms with van der Waals surface area (Å²) in [5, 5.41) is 13.2. The van der Waals surface area contributed by atoms with Crippen LogP contribution in [-0.2, 0) is 6.42 Å². The molecule has 0 heterocycles. The molecule has 0 radical (unpaired) electrons. The molecule has 0 atom stereocenters. The number of hydrogen-bond donors (Lipinski definition) is 2. The van der Waals surface area contributed by atoms with Crippen molar-refractivity contribution in [3.05, 3.63) is 35.4 Å². The topological polar surface area (TPSA) is 32.3 Å². The van der Waals surface area contributed by atoms with Crippen molar-refractivity contribution in [1.82, 2.24) is 5.32 Å². The Hall–Kier alpha value is -0.860. The molecule has 0 unspecified atom stereocenters. The highest BCUT2D eigenvalue weighted by Gasteiger charge is 2.30. The van der Waals surface area contributed by atoms with Crippen molar-refractivity contribution in [2.45, 2.75) is 45.4 Å². The van der Waals surface area contributed by atoms with Crippen molar-refractivity contribution >= 4 is 0 Å². The zero-order valence-corrected chi connectivity index (χ0v) is 12.1. The highest BCUT2D eigenvalue weighted by Crippen LogP contribution is 2.35. The third-order valence-electron chi connectivity index (χ3n) is 4.42. The third kappa shape index (κ3) is 4.32. The zero-order valence-electron chi connectivity index (χ0n) is 12.1. The molecule has 0 bridgehead atoms. The van der Waals surface area contributed by atoms with E-state index in [4.69, 9.17) is 0 Å². The fourth-order valence-electron chi connectivity index (χ4n) is 3.15. The maximum Gasteiger partial charge on any atom is 0.0499 e. The van der Waals surface area contributed by atoms with E-state index in [0.29, 0.717) is 6.61 Å². The normalized spacial score (nSPS) is 18.4. The van der Waals surface area contributed by atoms with Crippen LogP contribution in [-0.4, -0.2) is 24.8 Å². The van der Waals surface area contributed by atoms with Crippen LogP contribution >= 0.6 is 0 Å². The number of rotatable bonds is 6. The molecular formula is C17H27NO. The number of aliphatic hydroxyl groups is 1. The van der Waals surface area contributed by atoms with E-state index in [1.54, 1.807) is 0 Å². The van der Waals surface area contributed by atoms with Crippen molar-refractivity contribution in [2.24, 2.45) is 5.41 Å². The molecule has 0 saturated heterocycles. The van der Waals surface area contributed by atoms with E-state index < -0.39 is 0 Å². The number of benzene rings is 1. The van der Waals surface area contributed by atoms with Gasteiger partial charge in [-0.1, -0.05) is 49.1 Å². The molecule has 0 aromatic heterocycles. The van der Waals surface area contributed by atoms with Crippen LogP contribution in [0.3, 0.4) is 0 Å². The van der Waals surface area contributed by atoms with E-state index in [9.17, 15) is 5.11 Å². The van der Waals surface area contributed by atoms with E-state index in [2.05, 4.69) is 36.5 Å². The summed E-state index contributed by atoms with van der Waals surface area (Å²) in [6.07, 6.45) is 7.33. The molecule has 2 N–H and O–H groups in total. The van der Waals surface area contributed by atoms with Crippen LogP contribution in [0.1, 0.15) is 43.2 Å². The van der Waals surface area contributed by atoms with Crippen molar-refractivity contribution in [1.29, 1.82) is 0 Å². The Morgan fingerprint density at radius 1 is 1.21 bits per heavy atom. The smallest absolute Gasteiger partial charge is 0.0499 e. The summed E-state index contributed by atoms with van der Waals surface area (Å²) >= 11 is 0. The molecule has 2 heteroatoms. The van der Waals surface area contributed by atoms with Crippen LogP contribution in [0.4, 0.5) is 0 Å². The molecule has 1 aliphatic rings.